The third kappa shape index (κ3) is 1.96. The summed E-state index contributed by atoms with van der Waals surface area (Å²) in [6, 6.07) is 10.4. The highest BCUT2D eigenvalue weighted by Gasteiger charge is 2.14. The lowest BCUT2D eigenvalue weighted by Crippen LogP contribution is -2.03. The lowest BCUT2D eigenvalue weighted by atomic mass is 10.1. The molecule has 0 amide bonds. The molecule has 2 aromatic rings. The Morgan fingerprint density at radius 1 is 1.17 bits per heavy atom. The summed E-state index contributed by atoms with van der Waals surface area (Å²) >= 11 is 0. The highest BCUT2D eigenvalue weighted by Crippen LogP contribution is 2.27. The average Bonchev–Trinajstić information content (AvgIpc) is 2.70. The Morgan fingerprint density at radius 3 is 2.50 bits per heavy atom. The summed E-state index contributed by atoms with van der Waals surface area (Å²) in [7, 11) is 0. The van der Waals surface area contributed by atoms with E-state index in [9.17, 15) is 5.26 Å². The Hall–Kier alpha value is -2.27. The molecule has 1 heterocycles. The Balaban J connectivity index is 2.70. The second-order valence-electron chi connectivity index (χ2n) is 4.18. The second kappa shape index (κ2) is 5.37. The zero-order valence-electron chi connectivity index (χ0n) is 10.4. The van der Waals surface area contributed by atoms with Gasteiger partial charge in [-0.1, -0.05) is 36.4 Å². The van der Waals surface area contributed by atoms with Crippen LogP contribution in [-0.4, -0.2) is 4.57 Å². The maximum Gasteiger partial charge on any atom is 0.128 e. The molecule has 0 N–H and O–H groups in total. The summed E-state index contributed by atoms with van der Waals surface area (Å²) < 4.78 is 2.06. The van der Waals surface area contributed by atoms with E-state index in [1.807, 2.05) is 30.4 Å². The zero-order chi connectivity index (χ0) is 13.0. The normalized spacial score (nSPS) is 10.2. The van der Waals surface area contributed by atoms with Crippen molar-refractivity contribution >= 4 is 10.8 Å². The molecule has 0 unspecified atom stereocenters. The number of aryl methyl sites for hydroxylation is 1. The fourth-order valence-corrected chi connectivity index (χ4v) is 2.33. The molecule has 0 saturated heterocycles. The van der Waals surface area contributed by atoms with Crippen molar-refractivity contribution in [3.8, 4) is 6.07 Å². The molecule has 0 atom stereocenters. The zero-order valence-corrected chi connectivity index (χ0v) is 10.4. The molecule has 0 aliphatic rings. The van der Waals surface area contributed by atoms with Gasteiger partial charge in [-0.2, -0.15) is 5.26 Å². The largest absolute Gasteiger partial charge is 0.332 e. The van der Waals surface area contributed by atoms with Gasteiger partial charge in [0.15, 0.2) is 0 Å². The van der Waals surface area contributed by atoms with Gasteiger partial charge in [0, 0.05) is 23.0 Å². The van der Waals surface area contributed by atoms with Crippen molar-refractivity contribution in [1.29, 1.82) is 5.26 Å². The van der Waals surface area contributed by atoms with Gasteiger partial charge in [-0.3, -0.25) is 0 Å². The molecule has 1 aromatic carbocycles. The molecule has 2 nitrogen and oxygen atoms in total. The predicted molar refractivity (Wildman–Crippen MR) is 75.4 cm³/mol. The van der Waals surface area contributed by atoms with E-state index in [0.29, 0.717) is 6.54 Å². The Kier molecular flexibility index (Phi) is 3.64. The summed E-state index contributed by atoms with van der Waals surface area (Å²) in [5, 5.41) is 11.5. The Bertz CT molecular complexity index is 626. The van der Waals surface area contributed by atoms with E-state index >= 15 is 0 Å². The van der Waals surface area contributed by atoms with Gasteiger partial charge < -0.3 is 4.57 Å². The summed E-state index contributed by atoms with van der Waals surface area (Å²) in [6.45, 7) is 8.21. The molecule has 18 heavy (non-hydrogen) atoms. The van der Waals surface area contributed by atoms with E-state index in [-0.39, 0.29) is 0 Å². The van der Waals surface area contributed by atoms with Gasteiger partial charge in [-0.25, -0.2) is 0 Å². The molecular formula is C16H16N2. The molecule has 0 fully saturated rings. The Morgan fingerprint density at radius 2 is 1.89 bits per heavy atom. The quantitative estimate of drug-likeness (QED) is 0.725. The number of hydrogen-bond acceptors (Lipinski definition) is 1. The number of fused-ring (bicyclic) bond motifs is 1. The molecule has 0 aliphatic carbocycles. The summed E-state index contributed by atoms with van der Waals surface area (Å²) in [5.41, 5.74) is 1.92. The number of nitriles is 1. The number of rotatable bonds is 5. The van der Waals surface area contributed by atoms with Crippen LogP contribution in [-0.2, 0) is 13.0 Å². The van der Waals surface area contributed by atoms with Crippen LogP contribution in [0.2, 0.25) is 0 Å². The minimum absolute atomic E-state index is 0.671. The fraction of sp³-hybridized carbons (Fsp3) is 0.188. The van der Waals surface area contributed by atoms with E-state index in [0.717, 1.165) is 29.3 Å². The van der Waals surface area contributed by atoms with E-state index in [2.05, 4.69) is 29.9 Å². The lowest BCUT2D eigenvalue weighted by molar-refractivity contribution is 0.750. The van der Waals surface area contributed by atoms with Crippen LogP contribution in [0.25, 0.3) is 10.8 Å². The van der Waals surface area contributed by atoms with Crippen LogP contribution in [0.4, 0.5) is 0 Å². The maximum atomic E-state index is 9.36. The third-order valence-corrected chi connectivity index (χ3v) is 3.09. The van der Waals surface area contributed by atoms with E-state index in [4.69, 9.17) is 0 Å². The number of benzene rings is 1. The molecular weight excluding hydrogens is 220 g/mol. The molecule has 0 aliphatic heterocycles. The first-order chi connectivity index (χ1) is 8.83. The molecule has 0 saturated carbocycles. The molecule has 0 spiro atoms. The first-order valence-corrected chi connectivity index (χ1v) is 6.05. The number of nitrogens with zero attached hydrogens (tertiary/aromatic N) is 2. The fourth-order valence-electron chi connectivity index (χ4n) is 2.33. The van der Waals surface area contributed by atoms with E-state index in [1.165, 1.54) is 5.69 Å². The number of allylic oxidation sites excluding steroid dienone is 2. The van der Waals surface area contributed by atoms with Crippen molar-refractivity contribution in [3.05, 3.63) is 61.0 Å². The minimum Gasteiger partial charge on any atom is -0.332 e. The van der Waals surface area contributed by atoms with Crippen LogP contribution < -0.4 is 0 Å². The minimum atomic E-state index is 0.671. The first-order valence-electron chi connectivity index (χ1n) is 6.05. The third-order valence-electron chi connectivity index (χ3n) is 3.09. The van der Waals surface area contributed by atoms with Gasteiger partial charge in [-0.15, -0.1) is 13.2 Å². The monoisotopic (exact) mass is 236 g/mol. The van der Waals surface area contributed by atoms with Crippen LogP contribution in [0.15, 0.2) is 49.6 Å². The van der Waals surface area contributed by atoms with Crippen LogP contribution in [0.1, 0.15) is 17.8 Å². The van der Waals surface area contributed by atoms with Crippen molar-refractivity contribution in [2.24, 2.45) is 0 Å². The molecule has 1 aromatic heterocycles. The molecule has 2 heteroatoms. The number of aromatic nitrogens is 1. The molecule has 0 radical (unpaired) electrons. The van der Waals surface area contributed by atoms with Crippen molar-refractivity contribution in [2.45, 2.75) is 19.4 Å². The predicted octanol–water partition coefficient (Wildman–Crippen LogP) is 3.82. The van der Waals surface area contributed by atoms with Gasteiger partial charge in [0.05, 0.1) is 0 Å². The van der Waals surface area contributed by atoms with E-state index < -0.39 is 0 Å². The van der Waals surface area contributed by atoms with Gasteiger partial charge in [-0.05, 0) is 12.8 Å². The van der Waals surface area contributed by atoms with Crippen molar-refractivity contribution in [3.63, 3.8) is 0 Å². The SMILES string of the molecule is C=CCCc1c2ccccc2c(C#N)n1CC=C. The summed E-state index contributed by atoms with van der Waals surface area (Å²) in [4.78, 5) is 0. The van der Waals surface area contributed by atoms with Gasteiger partial charge in [0.2, 0.25) is 0 Å². The second-order valence-corrected chi connectivity index (χ2v) is 4.18. The van der Waals surface area contributed by atoms with Crippen molar-refractivity contribution in [2.75, 3.05) is 0 Å². The summed E-state index contributed by atoms with van der Waals surface area (Å²) in [5.74, 6) is 0. The van der Waals surface area contributed by atoms with Crippen LogP contribution >= 0.6 is 0 Å². The molecule has 0 bridgehead atoms. The van der Waals surface area contributed by atoms with Gasteiger partial charge >= 0.3 is 0 Å². The lowest BCUT2D eigenvalue weighted by Gasteiger charge is -2.07. The average molecular weight is 236 g/mol. The molecule has 90 valence electrons. The maximum absolute atomic E-state index is 9.36. The number of hydrogen-bond donors (Lipinski definition) is 0. The first kappa shape index (κ1) is 12.2. The standard InChI is InChI=1S/C16H16N2/c1-3-5-10-15-13-8-6-7-9-14(13)16(12-17)18(15)11-4-2/h3-4,6-9H,1-2,5,10-11H2. The van der Waals surface area contributed by atoms with Crippen molar-refractivity contribution < 1.29 is 0 Å². The van der Waals surface area contributed by atoms with Crippen LogP contribution in [0.3, 0.4) is 0 Å². The van der Waals surface area contributed by atoms with Gasteiger partial charge in [0.25, 0.3) is 0 Å². The smallest absolute Gasteiger partial charge is 0.128 e. The van der Waals surface area contributed by atoms with Crippen molar-refractivity contribution in [1.82, 2.24) is 4.57 Å². The molecule has 2 rings (SSSR count). The summed E-state index contributed by atoms with van der Waals surface area (Å²) in [6.07, 6.45) is 5.55. The van der Waals surface area contributed by atoms with Crippen LogP contribution in [0.5, 0.6) is 0 Å². The Labute approximate surface area is 107 Å². The van der Waals surface area contributed by atoms with Gasteiger partial charge in [0.1, 0.15) is 11.8 Å². The highest BCUT2D eigenvalue weighted by atomic mass is 15.0. The topological polar surface area (TPSA) is 28.7 Å². The van der Waals surface area contributed by atoms with E-state index in [1.54, 1.807) is 0 Å². The van der Waals surface area contributed by atoms with Crippen LogP contribution in [0, 0.1) is 11.3 Å². The highest BCUT2D eigenvalue weighted by molar-refractivity contribution is 5.90.